The maximum Gasteiger partial charge on any atom is 0.338 e. The first kappa shape index (κ1) is 14.3. The molecule has 0 spiro atoms. The Bertz CT molecular complexity index is 634. The SMILES string of the molecule is Cc1cc(C(=O)O)c(NC(=O)C(C)c2ccccc2)s1. The lowest BCUT2D eigenvalue weighted by molar-refractivity contribution is -0.117. The maximum atomic E-state index is 12.2. The molecule has 0 bridgehead atoms. The first-order valence-electron chi connectivity index (χ1n) is 6.18. The zero-order valence-electron chi connectivity index (χ0n) is 11.2. The van der Waals surface area contributed by atoms with Crippen LogP contribution in [-0.4, -0.2) is 17.0 Å². The van der Waals surface area contributed by atoms with Crippen molar-refractivity contribution in [3.05, 3.63) is 52.4 Å². The Balaban J connectivity index is 2.18. The summed E-state index contributed by atoms with van der Waals surface area (Å²) in [6.07, 6.45) is 0. The topological polar surface area (TPSA) is 66.4 Å². The van der Waals surface area contributed by atoms with E-state index in [0.717, 1.165) is 10.4 Å². The van der Waals surface area contributed by atoms with E-state index in [4.69, 9.17) is 5.11 Å². The Morgan fingerprint density at radius 1 is 1.25 bits per heavy atom. The monoisotopic (exact) mass is 289 g/mol. The summed E-state index contributed by atoms with van der Waals surface area (Å²) in [6.45, 7) is 3.61. The van der Waals surface area contributed by atoms with E-state index in [1.165, 1.54) is 11.3 Å². The molecule has 1 unspecified atom stereocenters. The molecule has 1 aromatic carbocycles. The first-order valence-corrected chi connectivity index (χ1v) is 7.00. The lowest BCUT2D eigenvalue weighted by Crippen LogP contribution is -2.19. The number of hydrogen-bond donors (Lipinski definition) is 2. The van der Waals surface area contributed by atoms with Gasteiger partial charge < -0.3 is 10.4 Å². The largest absolute Gasteiger partial charge is 0.478 e. The van der Waals surface area contributed by atoms with Gasteiger partial charge in [-0.2, -0.15) is 0 Å². The van der Waals surface area contributed by atoms with Gasteiger partial charge in [0.1, 0.15) is 5.00 Å². The molecule has 104 valence electrons. The van der Waals surface area contributed by atoms with Gasteiger partial charge in [0, 0.05) is 4.88 Å². The van der Waals surface area contributed by atoms with Crippen LogP contribution in [0.3, 0.4) is 0 Å². The summed E-state index contributed by atoms with van der Waals surface area (Å²) in [6, 6.07) is 11.0. The second-order valence-corrected chi connectivity index (χ2v) is 5.78. The van der Waals surface area contributed by atoms with Crippen LogP contribution < -0.4 is 5.32 Å². The van der Waals surface area contributed by atoms with Gasteiger partial charge in [0.2, 0.25) is 5.91 Å². The fourth-order valence-electron chi connectivity index (χ4n) is 1.88. The summed E-state index contributed by atoms with van der Waals surface area (Å²) in [7, 11) is 0. The highest BCUT2D eigenvalue weighted by molar-refractivity contribution is 7.16. The molecule has 1 atom stereocenters. The maximum absolute atomic E-state index is 12.2. The molecule has 2 aromatic rings. The molecule has 4 nitrogen and oxygen atoms in total. The van der Waals surface area contributed by atoms with Crippen LogP contribution in [0.4, 0.5) is 5.00 Å². The Hall–Kier alpha value is -2.14. The van der Waals surface area contributed by atoms with Gasteiger partial charge in [0.15, 0.2) is 0 Å². The number of thiophene rings is 1. The number of carboxylic acid groups (broad SMARTS) is 1. The van der Waals surface area contributed by atoms with Crippen molar-refractivity contribution in [2.45, 2.75) is 19.8 Å². The molecule has 0 aliphatic rings. The lowest BCUT2D eigenvalue weighted by Gasteiger charge is -2.11. The molecular weight excluding hydrogens is 274 g/mol. The van der Waals surface area contributed by atoms with Crippen molar-refractivity contribution in [1.29, 1.82) is 0 Å². The molecule has 0 aliphatic carbocycles. The van der Waals surface area contributed by atoms with Gasteiger partial charge in [-0.25, -0.2) is 4.79 Å². The minimum atomic E-state index is -1.03. The molecule has 2 rings (SSSR count). The fourth-order valence-corrected chi connectivity index (χ4v) is 2.79. The Morgan fingerprint density at radius 3 is 2.50 bits per heavy atom. The van der Waals surface area contributed by atoms with Gasteiger partial charge in [-0.05, 0) is 25.5 Å². The summed E-state index contributed by atoms with van der Waals surface area (Å²) >= 11 is 1.27. The molecule has 20 heavy (non-hydrogen) atoms. The van der Waals surface area contributed by atoms with Crippen LogP contribution in [0, 0.1) is 6.92 Å². The van der Waals surface area contributed by atoms with Gasteiger partial charge >= 0.3 is 5.97 Å². The van der Waals surface area contributed by atoms with Crippen LogP contribution in [0.2, 0.25) is 0 Å². The molecule has 0 radical (unpaired) electrons. The standard InChI is InChI=1S/C15H15NO3S/c1-9-8-12(15(18)19)14(20-9)16-13(17)10(2)11-6-4-3-5-7-11/h3-8,10H,1-2H3,(H,16,17)(H,18,19). The summed E-state index contributed by atoms with van der Waals surface area (Å²) in [4.78, 5) is 24.2. The quantitative estimate of drug-likeness (QED) is 0.905. The highest BCUT2D eigenvalue weighted by atomic mass is 32.1. The van der Waals surface area contributed by atoms with E-state index in [-0.39, 0.29) is 17.4 Å². The molecular formula is C15H15NO3S. The zero-order chi connectivity index (χ0) is 14.7. The average molecular weight is 289 g/mol. The van der Waals surface area contributed by atoms with E-state index in [9.17, 15) is 9.59 Å². The number of carboxylic acids is 1. The summed E-state index contributed by atoms with van der Waals surface area (Å²) in [5.41, 5.74) is 1.04. The van der Waals surface area contributed by atoms with Crippen molar-refractivity contribution in [1.82, 2.24) is 0 Å². The summed E-state index contributed by atoms with van der Waals surface area (Å²) in [5, 5.41) is 12.2. The third kappa shape index (κ3) is 3.05. The zero-order valence-corrected chi connectivity index (χ0v) is 12.0. The third-order valence-electron chi connectivity index (χ3n) is 3.02. The van der Waals surface area contributed by atoms with Gasteiger partial charge in [-0.1, -0.05) is 30.3 Å². The fraction of sp³-hybridized carbons (Fsp3) is 0.200. The van der Waals surface area contributed by atoms with Crippen LogP contribution in [0.1, 0.15) is 33.6 Å². The number of rotatable bonds is 4. The second-order valence-electron chi connectivity index (χ2n) is 4.53. The molecule has 1 heterocycles. The van der Waals surface area contributed by atoms with Crippen LogP contribution >= 0.6 is 11.3 Å². The van der Waals surface area contributed by atoms with Gasteiger partial charge in [-0.15, -0.1) is 11.3 Å². The number of carbonyl (C=O) groups is 2. The summed E-state index contributed by atoms with van der Waals surface area (Å²) in [5.74, 6) is -1.57. The average Bonchev–Trinajstić information content (AvgIpc) is 2.80. The number of aryl methyl sites for hydroxylation is 1. The molecule has 5 heteroatoms. The molecule has 0 saturated carbocycles. The molecule has 0 fully saturated rings. The number of anilines is 1. The third-order valence-corrected chi connectivity index (χ3v) is 3.98. The van der Waals surface area contributed by atoms with E-state index in [2.05, 4.69) is 5.32 Å². The molecule has 1 amide bonds. The number of hydrogen-bond acceptors (Lipinski definition) is 3. The number of carbonyl (C=O) groups excluding carboxylic acids is 1. The highest BCUT2D eigenvalue weighted by Gasteiger charge is 2.20. The van der Waals surface area contributed by atoms with E-state index >= 15 is 0 Å². The van der Waals surface area contributed by atoms with E-state index in [0.29, 0.717) is 5.00 Å². The van der Waals surface area contributed by atoms with Gasteiger partial charge in [0.05, 0.1) is 11.5 Å². The predicted molar refractivity (Wildman–Crippen MR) is 79.5 cm³/mol. The number of benzene rings is 1. The van der Waals surface area contributed by atoms with Crippen molar-refractivity contribution in [3.63, 3.8) is 0 Å². The molecule has 2 N–H and O–H groups in total. The molecule has 0 saturated heterocycles. The Morgan fingerprint density at radius 2 is 1.90 bits per heavy atom. The minimum absolute atomic E-state index is 0.140. The van der Waals surface area contributed by atoms with Crippen molar-refractivity contribution in [3.8, 4) is 0 Å². The van der Waals surface area contributed by atoms with Crippen LogP contribution in [-0.2, 0) is 4.79 Å². The van der Waals surface area contributed by atoms with Crippen molar-refractivity contribution >= 4 is 28.2 Å². The molecule has 0 aliphatic heterocycles. The van der Waals surface area contributed by atoms with E-state index in [1.807, 2.05) is 37.3 Å². The first-order chi connectivity index (χ1) is 9.49. The van der Waals surface area contributed by atoms with E-state index < -0.39 is 5.97 Å². The van der Waals surface area contributed by atoms with E-state index in [1.54, 1.807) is 13.0 Å². The molecule has 1 aromatic heterocycles. The van der Waals surface area contributed by atoms with Crippen molar-refractivity contribution in [2.24, 2.45) is 0 Å². The normalized spacial score (nSPS) is 11.9. The second kappa shape index (κ2) is 5.88. The minimum Gasteiger partial charge on any atom is -0.478 e. The van der Waals surface area contributed by atoms with Crippen LogP contribution in [0.25, 0.3) is 0 Å². The Kier molecular flexibility index (Phi) is 4.20. The van der Waals surface area contributed by atoms with Crippen molar-refractivity contribution in [2.75, 3.05) is 5.32 Å². The van der Waals surface area contributed by atoms with Crippen LogP contribution in [0.5, 0.6) is 0 Å². The highest BCUT2D eigenvalue weighted by Crippen LogP contribution is 2.29. The van der Waals surface area contributed by atoms with Crippen LogP contribution in [0.15, 0.2) is 36.4 Å². The van der Waals surface area contributed by atoms with Crippen molar-refractivity contribution < 1.29 is 14.7 Å². The van der Waals surface area contributed by atoms with Gasteiger partial charge in [-0.3, -0.25) is 4.79 Å². The lowest BCUT2D eigenvalue weighted by atomic mass is 10.0. The predicted octanol–water partition coefficient (Wildman–Crippen LogP) is 3.50. The summed E-state index contributed by atoms with van der Waals surface area (Å²) < 4.78 is 0. The number of amides is 1. The Labute approximate surface area is 121 Å². The van der Waals surface area contributed by atoms with Gasteiger partial charge in [0.25, 0.3) is 0 Å². The smallest absolute Gasteiger partial charge is 0.338 e. The number of aromatic carboxylic acids is 1. The number of nitrogens with one attached hydrogen (secondary N) is 1.